The van der Waals surface area contributed by atoms with Gasteiger partial charge in [0.25, 0.3) is 0 Å². The Labute approximate surface area is 313 Å². The SMILES string of the molecule is C=CCCC(=O)N[C@H](COC)[C@H](OC(=O)[C@@H]1[C@H]2C(=O)N([C@@H](CO)Cc3ccccc3)[C@H](C(=O)N(CC=C)C(C)CCC)[C@]23CC[C@H]1O3)c1ccccc1. The number of likely N-dealkylation sites (tertiary alicyclic amines) is 1. The number of nitrogens with one attached hydrogen (secondary N) is 1. The molecule has 2 aromatic carbocycles. The van der Waals surface area contributed by atoms with Crippen LogP contribution < -0.4 is 5.32 Å². The Bertz CT molecular complexity index is 1590. The monoisotopic (exact) mass is 729 g/mol. The molecule has 3 aliphatic rings. The number of esters is 1. The fourth-order valence-electron chi connectivity index (χ4n) is 8.65. The molecule has 5 rings (SSSR count). The van der Waals surface area contributed by atoms with E-state index < -0.39 is 66.3 Å². The first kappa shape index (κ1) is 39.9. The molecule has 3 fully saturated rings. The summed E-state index contributed by atoms with van der Waals surface area (Å²) < 4.78 is 18.6. The summed E-state index contributed by atoms with van der Waals surface area (Å²) in [5, 5.41) is 13.8. The van der Waals surface area contributed by atoms with Crippen LogP contribution in [0.3, 0.4) is 0 Å². The average Bonchev–Trinajstić information content (AvgIpc) is 3.82. The van der Waals surface area contributed by atoms with Gasteiger partial charge < -0.3 is 34.4 Å². The quantitative estimate of drug-likeness (QED) is 0.150. The fraction of sp³-hybridized carbons (Fsp3) is 0.524. The van der Waals surface area contributed by atoms with Crippen molar-refractivity contribution in [3.8, 4) is 0 Å². The van der Waals surface area contributed by atoms with Crippen LogP contribution in [0.15, 0.2) is 86.0 Å². The standard InChI is InChI=1S/C42H55N3O8/c1-6-9-21-34(47)43-32(27-51-5)37(30-19-14-11-15-20-30)52-41(50)35-33-22-23-42(53-33)36(35)39(48)45(31(26-46)25-29-17-12-10-13-18-29)38(42)40(49)44(24-8-3)28(4)16-7-2/h6,8,10-15,17-20,28,31-33,35-38,46H,1,3,7,9,16,21-27H2,2,4-5H3,(H,43,47)/t28?,31-,32-,33-,35+,36+,37-,38-,42+/m1/s1. The van der Waals surface area contributed by atoms with Crippen LogP contribution in [0.25, 0.3) is 0 Å². The van der Waals surface area contributed by atoms with Crippen molar-refractivity contribution >= 4 is 23.7 Å². The van der Waals surface area contributed by atoms with Gasteiger partial charge in [-0.3, -0.25) is 19.2 Å². The minimum absolute atomic E-state index is 0.0562. The third kappa shape index (κ3) is 8.27. The summed E-state index contributed by atoms with van der Waals surface area (Å²) in [4.78, 5) is 60.7. The van der Waals surface area contributed by atoms with Crippen molar-refractivity contribution in [3.63, 3.8) is 0 Å². The molecule has 3 amide bonds. The van der Waals surface area contributed by atoms with Crippen molar-refractivity contribution in [1.82, 2.24) is 15.1 Å². The second kappa shape index (κ2) is 18.1. The highest BCUT2D eigenvalue weighted by atomic mass is 16.6. The number of aliphatic hydroxyl groups excluding tert-OH is 1. The van der Waals surface area contributed by atoms with Crippen LogP contribution in [0, 0.1) is 11.8 Å². The van der Waals surface area contributed by atoms with E-state index in [0.717, 1.165) is 18.4 Å². The van der Waals surface area contributed by atoms with E-state index >= 15 is 0 Å². The van der Waals surface area contributed by atoms with Gasteiger partial charge in [-0.2, -0.15) is 0 Å². The molecule has 11 nitrogen and oxygen atoms in total. The third-order valence-electron chi connectivity index (χ3n) is 11.0. The number of carbonyl (C=O) groups excluding carboxylic acids is 4. The van der Waals surface area contributed by atoms with Gasteiger partial charge in [-0.1, -0.05) is 86.2 Å². The van der Waals surface area contributed by atoms with Crippen molar-refractivity contribution in [1.29, 1.82) is 0 Å². The van der Waals surface area contributed by atoms with E-state index in [4.69, 9.17) is 14.2 Å². The summed E-state index contributed by atoms with van der Waals surface area (Å²) in [6.07, 6.45) is 5.17. The van der Waals surface area contributed by atoms with Gasteiger partial charge in [-0.15, -0.1) is 13.2 Å². The number of hydrogen-bond donors (Lipinski definition) is 2. The maximum Gasteiger partial charge on any atom is 0.313 e. The number of amides is 3. The Morgan fingerprint density at radius 3 is 2.43 bits per heavy atom. The van der Waals surface area contributed by atoms with Crippen molar-refractivity contribution in [3.05, 3.63) is 97.1 Å². The third-order valence-corrected chi connectivity index (χ3v) is 11.0. The van der Waals surface area contributed by atoms with E-state index in [1.807, 2.05) is 67.6 Å². The minimum Gasteiger partial charge on any atom is -0.455 e. The molecule has 1 spiro atoms. The highest BCUT2D eigenvalue weighted by Gasteiger charge is 2.76. The normalized spacial score (nSPS) is 25.2. The molecule has 1 unspecified atom stereocenters. The summed E-state index contributed by atoms with van der Waals surface area (Å²) in [5.74, 6) is -3.62. The summed E-state index contributed by atoms with van der Waals surface area (Å²) in [5.41, 5.74) is 0.241. The molecular weight excluding hydrogens is 674 g/mol. The van der Waals surface area contributed by atoms with E-state index in [2.05, 4.69) is 25.4 Å². The highest BCUT2D eigenvalue weighted by molar-refractivity contribution is 5.98. The number of allylic oxidation sites excluding steroid dienone is 1. The molecule has 0 aromatic heterocycles. The van der Waals surface area contributed by atoms with Crippen LogP contribution in [-0.4, -0.2) is 101 Å². The van der Waals surface area contributed by atoms with Crippen LogP contribution in [-0.2, 0) is 39.8 Å². The molecule has 2 aromatic rings. The molecule has 3 saturated heterocycles. The lowest BCUT2D eigenvalue weighted by molar-refractivity contribution is -0.163. The van der Waals surface area contributed by atoms with Gasteiger partial charge in [0.1, 0.15) is 17.7 Å². The lowest BCUT2D eigenvalue weighted by Gasteiger charge is -2.41. The maximum atomic E-state index is 15.0. The first-order valence-corrected chi connectivity index (χ1v) is 18.9. The highest BCUT2D eigenvalue weighted by Crippen LogP contribution is 2.59. The molecule has 53 heavy (non-hydrogen) atoms. The second-order valence-corrected chi connectivity index (χ2v) is 14.5. The minimum atomic E-state index is -1.30. The first-order valence-electron chi connectivity index (χ1n) is 18.9. The van der Waals surface area contributed by atoms with E-state index in [9.17, 15) is 24.3 Å². The maximum absolute atomic E-state index is 15.0. The molecule has 0 aliphatic carbocycles. The lowest BCUT2D eigenvalue weighted by atomic mass is 9.70. The van der Waals surface area contributed by atoms with E-state index in [-0.39, 0.29) is 37.4 Å². The van der Waals surface area contributed by atoms with Gasteiger partial charge in [0, 0.05) is 26.1 Å². The molecule has 0 saturated carbocycles. The Morgan fingerprint density at radius 2 is 1.81 bits per heavy atom. The van der Waals surface area contributed by atoms with Gasteiger partial charge >= 0.3 is 5.97 Å². The number of benzene rings is 2. The van der Waals surface area contributed by atoms with Gasteiger partial charge in [-0.05, 0) is 50.2 Å². The number of nitrogens with zero attached hydrogens (tertiary/aromatic N) is 2. The van der Waals surface area contributed by atoms with Gasteiger partial charge in [0.15, 0.2) is 0 Å². The Kier molecular flexibility index (Phi) is 13.6. The summed E-state index contributed by atoms with van der Waals surface area (Å²) in [6.45, 7) is 11.6. The molecular formula is C42H55N3O8. The number of ether oxygens (including phenoxy) is 3. The molecule has 9 atom stereocenters. The predicted molar refractivity (Wildman–Crippen MR) is 200 cm³/mol. The molecule has 2 N–H and O–H groups in total. The zero-order valence-corrected chi connectivity index (χ0v) is 31.2. The number of carbonyl (C=O) groups is 4. The smallest absolute Gasteiger partial charge is 0.313 e. The summed E-state index contributed by atoms with van der Waals surface area (Å²) in [6, 6.07) is 15.9. The molecule has 3 heterocycles. The van der Waals surface area contributed by atoms with Crippen molar-refractivity contribution in [2.75, 3.05) is 26.9 Å². The van der Waals surface area contributed by atoms with Gasteiger partial charge in [0.2, 0.25) is 17.7 Å². The van der Waals surface area contributed by atoms with Crippen molar-refractivity contribution in [2.24, 2.45) is 11.8 Å². The van der Waals surface area contributed by atoms with Crippen LogP contribution in [0.1, 0.15) is 69.6 Å². The van der Waals surface area contributed by atoms with Gasteiger partial charge in [0.05, 0.1) is 43.2 Å². The Hall–Kier alpha value is -4.32. The number of rotatable bonds is 20. The zero-order valence-electron chi connectivity index (χ0n) is 31.2. The molecule has 0 radical (unpaired) electrons. The molecule has 11 heteroatoms. The Balaban J connectivity index is 1.53. The van der Waals surface area contributed by atoms with Crippen LogP contribution in [0.2, 0.25) is 0 Å². The van der Waals surface area contributed by atoms with Crippen molar-refractivity contribution < 1.29 is 38.5 Å². The largest absolute Gasteiger partial charge is 0.455 e. The number of fused-ring (bicyclic) bond motifs is 1. The number of aliphatic hydroxyl groups is 1. The van der Waals surface area contributed by atoms with E-state index in [1.165, 1.54) is 12.0 Å². The predicted octanol–water partition coefficient (Wildman–Crippen LogP) is 4.55. The van der Waals surface area contributed by atoms with Crippen LogP contribution >= 0.6 is 0 Å². The summed E-state index contributed by atoms with van der Waals surface area (Å²) >= 11 is 0. The van der Waals surface area contributed by atoms with Gasteiger partial charge in [-0.25, -0.2) is 0 Å². The lowest BCUT2D eigenvalue weighted by Crippen LogP contribution is -2.60. The summed E-state index contributed by atoms with van der Waals surface area (Å²) in [7, 11) is 1.51. The first-order chi connectivity index (χ1) is 25.6. The second-order valence-electron chi connectivity index (χ2n) is 14.5. The van der Waals surface area contributed by atoms with E-state index in [0.29, 0.717) is 31.2 Å². The number of methoxy groups -OCH3 is 1. The topological polar surface area (TPSA) is 135 Å². The van der Waals surface area contributed by atoms with E-state index in [1.54, 1.807) is 17.1 Å². The Morgan fingerprint density at radius 1 is 1.11 bits per heavy atom. The molecule has 3 aliphatic heterocycles. The molecule has 2 bridgehead atoms. The number of hydrogen-bond acceptors (Lipinski definition) is 8. The zero-order chi connectivity index (χ0) is 38.1. The van der Waals surface area contributed by atoms with Crippen molar-refractivity contribution in [2.45, 2.75) is 101 Å². The van der Waals surface area contributed by atoms with Crippen LogP contribution in [0.4, 0.5) is 0 Å². The van der Waals surface area contributed by atoms with Crippen LogP contribution in [0.5, 0.6) is 0 Å². The fourth-order valence-corrected chi connectivity index (χ4v) is 8.65. The average molecular weight is 730 g/mol. The molecule has 286 valence electrons.